The van der Waals surface area contributed by atoms with Gasteiger partial charge in [-0.05, 0) is 29.8 Å². The lowest BCUT2D eigenvalue weighted by atomic mass is 10.1. The fourth-order valence-electron chi connectivity index (χ4n) is 4.81. The quantitative estimate of drug-likeness (QED) is 0.436. The van der Waals surface area contributed by atoms with Crippen LogP contribution in [0.3, 0.4) is 0 Å². The molecule has 2 heterocycles. The van der Waals surface area contributed by atoms with Crippen molar-refractivity contribution >= 4 is 27.7 Å². The average Bonchev–Trinajstić information content (AvgIpc) is 2.88. The van der Waals surface area contributed by atoms with Gasteiger partial charge in [-0.25, -0.2) is 0 Å². The van der Waals surface area contributed by atoms with Crippen LogP contribution in [0.2, 0.25) is 0 Å². The molecule has 0 bridgehead atoms. The van der Waals surface area contributed by atoms with Crippen molar-refractivity contribution in [1.29, 1.82) is 0 Å². The first kappa shape index (κ1) is 22.3. The third-order valence-electron chi connectivity index (χ3n) is 6.64. The lowest BCUT2D eigenvalue weighted by Gasteiger charge is -2.34. The van der Waals surface area contributed by atoms with Crippen LogP contribution in [-0.4, -0.2) is 59.5 Å². The smallest absolute Gasteiger partial charge is 0.240 e. The maximum atomic E-state index is 12.9. The second-order valence-corrected chi connectivity index (χ2v) is 8.90. The van der Waals surface area contributed by atoms with E-state index in [1.807, 2.05) is 53.1 Å². The molecule has 0 radical (unpaired) electrons. The van der Waals surface area contributed by atoms with Gasteiger partial charge in [0.15, 0.2) is 5.43 Å². The van der Waals surface area contributed by atoms with Gasteiger partial charge in [-0.1, -0.05) is 54.6 Å². The SMILES string of the molecule is O=C(Cn1c2ccccc2c(=O)c2ccccc21)NCCN1CCN(Cc2ccccc2)CC1. The molecule has 6 nitrogen and oxygen atoms in total. The van der Waals surface area contributed by atoms with Gasteiger partial charge in [0.25, 0.3) is 0 Å². The lowest BCUT2D eigenvalue weighted by Crippen LogP contribution is -2.48. The molecule has 0 atom stereocenters. The molecule has 1 N–H and O–H groups in total. The minimum absolute atomic E-state index is 0.00858. The Bertz CT molecular complexity index is 1280. The molecule has 0 unspecified atom stereocenters. The Morgan fingerprint density at radius 2 is 1.29 bits per heavy atom. The summed E-state index contributed by atoms with van der Waals surface area (Å²) in [5.41, 5.74) is 2.94. The summed E-state index contributed by atoms with van der Waals surface area (Å²) in [6.07, 6.45) is 0. The van der Waals surface area contributed by atoms with Gasteiger partial charge in [-0.3, -0.25) is 19.4 Å². The molecular formula is C28H30N4O2. The van der Waals surface area contributed by atoms with E-state index < -0.39 is 0 Å². The van der Waals surface area contributed by atoms with Crippen LogP contribution in [0.5, 0.6) is 0 Å². The van der Waals surface area contributed by atoms with E-state index in [-0.39, 0.29) is 17.9 Å². The molecule has 0 aliphatic carbocycles. The van der Waals surface area contributed by atoms with Crippen molar-refractivity contribution in [3.8, 4) is 0 Å². The van der Waals surface area contributed by atoms with Crippen LogP contribution in [-0.2, 0) is 17.9 Å². The average molecular weight is 455 g/mol. The predicted molar refractivity (Wildman–Crippen MR) is 137 cm³/mol. The van der Waals surface area contributed by atoms with Crippen molar-refractivity contribution < 1.29 is 4.79 Å². The highest BCUT2D eigenvalue weighted by atomic mass is 16.2. The van der Waals surface area contributed by atoms with Gasteiger partial charge in [-0.15, -0.1) is 0 Å². The molecule has 1 aromatic heterocycles. The summed E-state index contributed by atoms with van der Waals surface area (Å²) >= 11 is 0. The summed E-state index contributed by atoms with van der Waals surface area (Å²) in [5, 5.41) is 4.36. The van der Waals surface area contributed by atoms with Crippen molar-refractivity contribution in [1.82, 2.24) is 19.7 Å². The van der Waals surface area contributed by atoms with Crippen molar-refractivity contribution in [3.05, 3.63) is 94.6 Å². The molecule has 1 aliphatic heterocycles. The number of pyridine rings is 1. The number of nitrogens with one attached hydrogen (secondary N) is 1. The van der Waals surface area contributed by atoms with E-state index in [0.29, 0.717) is 17.3 Å². The molecule has 0 spiro atoms. The molecule has 3 aromatic carbocycles. The van der Waals surface area contributed by atoms with E-state index in [4.69, 9.17) is 0 Å². The van der Waals surface area contributed by atoms with Crippen LogP contribution >= 0.6 is 0 Å². The molecule has 5 rings (SSSR count). The standard InChI is InChI=1S/C28H30N4O2/c33-27(29-14-15-30-16-18-31(19-17-30)20-22-8-2-1-3-9-22)21-32-25-12-6-4-10-23(25)28(34)24-11-5-7-13-26(24)32/h1-13H,14-21H2,(H,29,33). The number of rotatable bonds is 7. The van der Waals surface area contributed by atoms with E-state index in [0.717, 1.165) is 50.3 Å². The Balaban J connectivity index is 1.17. The normalized spacial score (nSPS) is 15.1. The highest BCUT2D eigenvalue weighted by molar-refractivity contribution is 5.94. The maximum absolute atomic E-state index is 12.9. The van der Waals surface area contributed by atoms with E-state index in [2.05, 4.69) is 45.4 Å². The number of para-hydroxylation sites is 2. The molecule has 4 aromatic rings. The highest BCUT2D eigenvalue weighted by Crippen LogP contribution is 2.19. The first-order valence-electron chi connectivity index (χ1n) is 11.9. The summed E-state index contributed by atoms with van der Waals surface area (Å²) in [6.45, 7) is 6.74. The van der Waals surface area contributed by atoms with Crippen LogP contribution in [0, 0.1) is 0 Å². The lowest BCUT2D eigenvalue weighted by molar-refractivity contribution is -0.121. The number of carbonyl (C=O) groups is 1. The van der Waals surface area contributed by atoms with Gasteiger partial charge in [-0.2, -0.15) is 0 Å². The summed E-state index contributed by atoms with van der Waals surface area (Å²) in [5.74, 6) is -0.0401. The topological polar surface area (TPSA) is 57.6 Å². The van der Waals surface area contributed by atoms with Gasteiger partial charge >= 0.3 is 0 Å². The molecule has 1 amide bonds. The number of carbonyl (C=O) groups excluding carboxylic acids is 1. The molecule has 1 aliphatic rings. The Morgan fingerprint density at radius 1 is 0.735 bits per heavy atom. The largest absolute Gasteiger partial charge is 0.353 e. The number of nitrogens with zero attached hydrogens (tertiary/aromatic N) is 3. The number of hydrogen-bond donors (Lipinski definition) is 1. The summed E-state index contributed by atoms with van der Waals surface area (Å²) in [6, 6.07) is 25.6. The molecule has 0 saturated carbocycles. The number of amides is 1. The zero-order valence-corrected chi connectivity index (χ0v) is 19.3. The first-order valence-corrected chi connectivity index (χ1v) is 11.9. The van der Waals surface area contributed by atoms with Gasteiger partial charge < -0.3 is 9.88 Å². The fraction of sp³-hybridized carbons (Fsp3) is 0.286. The van der Waals surface area contributed by atoms with Crippen molar-refractivity contribution in [3.63, 3.8) is 0 Å². The van der Waals surface area contributed by atoms with Gasteiger partial charge in [0.05, 0.1) is 11.0 Å². The summed E-state index contributed by atoms with van der Waals surface area (Å²) < 4.78 is 1.95. The Labute approximate surface area is 199 Å². The van der Waals surface area contributed by atoms with E-state index >= 15 is 0 Å². The van der Waals surface area contributed by atoms with Crippen LogP contribution < -0.4 is 10.7 Å². The van der Waals surface area contributed by atoms with E-state index in [1.54, 1.807) is 0 Å². The molecule has 1 saturated heterocycles. The number of benzene rings is 3. The monoisotopic (exact) mass is 454 g/mol. The van der Waals surface area contributed by atoms with Crippen molar-refractivity contribution in [2.45, 2.75) is 13.1 Å². The van der Waals surface area contributed by atoms with Gasteiger partial charge in [0, 0.05) is 56.6 Å². The van der Waals surface area contributed by atoms with Crippen LogP contribution in [0.1, 0.15) is 5.56 Å². The number of fused-ring (bicyclic) bond motifs is 2. The van der Waals surface area contributed by atoms with Crippen LogP contribution in [0.15, 0.2) is 83.7 Å². The molecule has 6 heteroatoms. The summed E-state index contributed by atoms with van der Waals surface area (Å²) in [7, 11) is 0. The summed E-state index contributed by atoms with van der Waals surface area (Å²) in [4.78, 5) is 30.6. The van der Waals surface area contributed by atoms with Crippen molar-refractivity contribution in [2.75, 3.05) is 39.3 Å². The Morgan fingerprint density at radius 3 is 1.94 bits per heavy atom. The Hall–Kier alpha value is -3.48. The zero-order valence-electron chi connectivity index (χ0n) is 19.3. The maximum Gasteiger partial charge on any atom is 0.240 e. The van der Waals surface area contributed by atoms with E-state index in [9.17, 15) is 9.59 Å². The molecular weight excluding hydrogens is 424 g/mol. The number of hydrogen-bond acceptors (Lipinski definition) is 4. The number of aromatic nitrogens is 1. The third kappa shape index (κ3) is 4.88. The van der Waals surface area contributed by atoms with Crippen LogP contribution in [0.25, 0.3) is 21.8 Å². The number of piperazine rings is 1. The zero-order chi connectivity index (χ0) is 23.3. The molecule has 1 fully saturated rings. The van der Waals surface area contributed by atoms with E-state index in [1.165, 1.54) is 5.56 Å². The predicted octanol–water partition coefficient (Wildman–Crippen LogP) is 3.09. The molecule has 34 heavy (non-hydrogen) atoms. The fourth-order valence-corrected chi connectivity index (χ4v) is 4.81. The third-order valence-corrected chi connectivity index (χ3v) is 6.64. The Kier molecular flexibility index (Phi) is 6.70. The second kappa shape index (κ2) is 10.2. The van der Waals surface area contributed by atoms with Crippen molar-refractivity contribution in [2.24, 2.45) is 0 Å². The van der Waals surface area contributed by atoms with Gasteiger partial charge in [0.1, 0.15) is 6.54 Å². The first-order chi connectivity index (χ1) is 16.7. The highest BCUT2D eigenvalue weighted by Gasteiger charge is 2.17. The minimum Gasteiger partial charge on any atom is -0.353 e. The van der Waals surface area contributed by atoms with Crippen LogP contribution in [0.4, 0.5) is 0 Å². The minimum atomic E-state index is -0.0401. The van der Waals surface area contributed by atoms with Gasteiger partial charge in [0.2, 0.25) is 5.91 Å². The molecule has 174 valence electrons. The second-order valence-electron chi connectivity index (χ2n) is 8.90.